The molecular weight excluding hydrogens is 396 g/mol. The van der Waals surface area contributed by atoms with E-state index in [4.69, 9.17) is 13.9 Å². The van der Waals surface area contributed by atoms with Crippen LogP contribution in [0.5, 0.6) is 5.75 Å². The number of amides is 1. The van der Waals surface area contributed by atoms with Crippen molar-refractivity contribution in [3.05, 3.63) is 83.8 Å². The molecule has 2 aromatic carbocycles. The van der Waals surface area contributed by atoms with Gasteiger partial charge in [-0.15, -0.1) is 0 Å². The molecule has 1 atom stereocenters. The highest BCUT2D eigenvalue weighted by atomic mass is 16.5. The molecule has 0 radical (unpaired) electrons. The highest BCUT2D eigenvalue weighted by Gasteiger charge is 2.20. The molecule has 0 spiro atoms. The maximum Gasteiger partial charge on any atom is 0.341 e. The number of rotatable bonds is 10. The highest BCUT2D eigenvalue weighted by molar-refractivity contribution is 5.97. The van der Waals surface area contributed by atoms with Crippen LogP contribution in [0.4, 0.5) is 5.69 Å². The number of hydrogen-bond acceptors (Lipinski definition) is 6. The molecule has 0 aliphatic rings. The van der Waals surface area contributed by atoms with Crippen LogP contribution in [0.2, 0.25) is 0 Å². The van der Waals surface area contributed by atoms with E-state index in [1.54, 1.807) is 44.6 Å². The molecule has 1 heterocycles. The Kier molecular flexibility index (Phi) is 7.70. The molecule has 2 N–H and O–H groups in total. The summed E-state index contributed by atoms with van der Waals surface area (Å²) in [6.07, 6.45) is 1.34. The molecule has 31 heavy (non-hydrogen) atoms. The van der Waals surface area contributed by atoms with Gasteiger partial charge in [-0.2, -0.15) is 0 Å². The first-order valence-corrected chi connectivity index (χ1v) is 10.0. The summed E-state index contributed by atoms with van der Waals surface area (Å²) >= 11 is 0. The molecule has 162 valence electrons. The fraction of sp³-hybridized carbons (Fsp3) is 0.250. The van der Waals surface area contributed by atoms with Crippen molar-refractivity contribution in [3.63, 3.8) is 0 Å². The lowest BCUT2D eigenvalue weighted by atomic mass is 10.1. The SMILES string of the molecule is COc1ccc(CCNC(=O)[C@@H](C)OC(=O)c2ccccc2NCc2ccco2)cc1. The number of nitrogens with one attached hydrogen (secondary N) is 2. The number of furan rings is 1. The number of ether oxygens (including phenoxy) is 2. The standard InChI is InChI=1S/C24H26N2O5/c1-17(23(27)25-14-13-18-9-11-19(29-2)12-10-18)31-24(28)21-7-3-4-8-22(21)26-16-20-6-5-15-30-20/h3-12,15,17,26H,13-14,16H2,1-2H3,(H,25,27)/t17-/m1/s1. The molecule has 0 unspecified atom stereocenters. The Morgan fingerprint density at radius 2 is 1.81 bits per heavy atom. The monoisotopic (exact) mass is 422 g/mol. The summed E-state index contributed by atoms with van der Waals surface area (Å²) in [5.74, 6) is 0.614. The molecule has 0 saturated heterocycles. The van der Waals surface area contributed by atoms with Crippen LogP contribution in [0, 0.1) is 0 Å². The van der Waals surface area contributed by atoms with Crippen LogP contribution >= 0.6 is 0 Å². The lowest BCUT2D eigenvalue weighted by molar-refractivity contribution is -0.129. The summed E-state index contributed by atoms with van der Waals surface area (Å²) in [6.45, 7) is 2.42. The second kappa shape index (κ2) is 10.9. The average molecular weight is 422 g/mol. The zero-order chi connectivity index (χ0) is 22.1. The molecule has 1 aromatic heterocycles. The zero-order valence-corrected chi connectivity index (χ0v) is 17.6. The van der Waals surface area contributed by atoms with E-state index in [9.17, 15) is 9.59 Å². The second-order valence-electron chi connectivity index (χ2n) is 6.92. The minimum atomic E-state index is -0.915. The first-order chi connectivity index (χ1) is 15.1. The number of benzene rings is 2. The van der Waals surface area contributed by atoms with E-state index < -0.39 is 12.1 Å². The third kappa shape index (κ3) is 6.37. The van der Waals surface area contributed by atoms with E-state index in [0.717, 1.165) is 17.1 Å². The summed E-state index contributed by atoms with van der Waals surface area (Å²) in [4.78, 5) is 25.0. The van der Waals surface area contributed by atoms with Crippen LogP contribution in [0.25, 0.3) is 0 Å². The number of esters is 1. The Morgan fingerprint density at radius 3 is 2.52 bits per heavy atom. The lowest BCUT2D eigenvalue weighted by Crippen LogP contribution is -2.37. The van der Waals surface area contributed by atoms with Crippen molar-refractivity contribution in [1.29, 1.82) is 0 Å². The Bertz CT molecular complexity index is 983. The Balaban J connectivity index is 1.49. The number of anilines is 1. The number of para-hydroxylation sites is 1. The molecule has 3 aromatic rings. The van der Waals surface area contributed by atoms with Crippen molar-refractivity contribution in [2.45, 2.75) is 26.0 Å². The Morgan fingerprint density at radius 1 is 1.03 bits per heavy atom. The van der Waals surface area contributed by atoms with Crippen molar-refractivity contribution >= 4 is 17.6 Å². The van der Waals surface area contributed by atoms with Gasteiger partial charge in [0.25, 0.3) is 5.91 Å². The highest BCUT2D eigenvalue weighted by Crippen LogP contribution is 2.18. The van der Waals surface area contributed by atoms with Gasteiger partial charge in [-0.3, -0.25) is 4.79 Å². The molecule has 0 bridgehead atoms. The van der Waals surface area contributed by atoms with Crippen molar-refractivity contribution in [2.24, 2.45) is 0 Å². The number of methoxy groups -OCH3 is 1. The van der Waals surface area contributed by atoms with Gasteiger partial charge in [0.15, 0.2) is 6.10 Å². The molecule has 3 rings (SSSR count). The van der Waals surface area contributed by atoms with Crippen LogP contribution in [0.15, 0.2) is 71.3 Å². The van der Waals surface area contributed by atoms with E-state index in [0.29, 0.717) is 30.8 Å². The second-order valence-corrected chi connectivity index (χ2v) is 6.92. The number of hydrogen-bond donors (Lipinski definition) is 2. The van der Waals surface area contributed by atoms with Gasteiger partial charge in [-0.25, -0.2) is 4.79 Å². The summed E-state index contributed by atoms with van der Waals surface area (Å²) < 4.78 is 15.8. The van der Waals surface area contributed by atoms with Crippen molar-refractivity contribution in [2.75, 3.05) is 19.0 Å². The maximum atomic E-state index is 12.6. The number of carbonyl (C=O) groups is 2. The van der Waals surface area contributed by atoms with Crippen molar-refractivity contribution in [1.82, 2.24) is 5.32 Å². The third-order valence-corrected chi connectivity index (χ3v) is 4.71. The summed E-state index contributed by atoms with van der Waals surface area (Å²) in [5.41, 5.74) is 2.03. The van der Waals surface area contributed by atoms with E-state index >= 15 is 0 Å². The van der Waals surface area contributed by atoms with Gasteiger partial charge in [0.2, 0.25) is 0 Å². The van der Waals surface area contributed by atoms with Gasteiger partial charge in [0.05, 0.1) is 25.5 Å². The van der Waals surface area contributed by atoms with Crippen LogP contribution < -0.4 is 15.4 Å². The smallest absolute Gasteiger partial charge is 0.341 e. The Labute approximate surface area is 181 Å². The number of carbonyl (C=O) groups excluding carboxylic acids is 2. The third-order valence-electron chi connectivity index (χ3n) is 4.71. The summed E-state index contributed by atoms with van der Waals surface area (Å²) in [7, 11) is 1.62. The predicted molar refractivity (Wildman–Crippen MR) is 117 cm³/mol. The Hall–Kier alpha value is -3.74. The van der Waals surface area contributed by atoms with Crippen LogP contribution in [-0.2, 0) is 22.5 Å². The van der Waals surface area contributed by atoms with Crippen LogP contribution in [0.1, 0.15) is 28.6 Å². The van der Waals surface area contributed by atoms with Gasteiger partial charge in [0.1, 0.15) is 11.5 Å². The van der Waals surface area contributed by atoms with Gasteiger partial charge in [-0.05, 0) is 55.3 Å². The minimum absolute atomic E-state index is 0.345. The molecule has 0 aliphatic heterocycles. The zero-order valence-electron chi connectivity index (χ0n) is 17.6. The first-order valence-electron chi connectivity index (χ1n) is 10.0. The largest absolute Gasteiger partial charge is 0.497 e. The first kappa shape index (κ1) is 22.0. The van der Waals surface area contributed by atoms with Crippen LogP contribution in [0.3, 0.4) is 0 Å². The summed E-state index contributed by atoms with van der Waals surface area (Å²) in [6, 6.07) is 18.3. The van der Waals surface area contributed by atoms with Gasteiger partial charge >= 0.3 is 5.97 Å². The molecule has 0 aliphatic carbocycles. The van der Waals surface area contributed by atoms with Crippen molar-refractivity contribution < 1.29 is 23.5 Å². The molecule has 7 nitrogen and oxygen atoms in total. The summed E-state index contributed by atoms with van der Waals surface area (Å²) in [5, 5.41) is 5.95. The quantitative estimate of drug-likeness (QED) is 0.483. The van der Waals surface area contributed by atoms with E-state index in [2.05, 4.69) is 10.6 Å². The van der Waals surface area contributed by atoms with Gasteiger partial charge in [0, 0.05) is 12.2 Å². The van der Waals surface area contributed by atoms with E-state index in [-0.39, 0.29) is 5.91 Å². The average Bonchev–Trinajstić information content (AvgIpc) is 3.32. The van der Waals surface area contributed by atoms with Crippen molar-refractivity contribution in [3.8, 4) is 5.75 Å². The van der Waals surface area contributed by atoms with Gasteiger partial charge < -0.3 is 24.5 Å². The molecular formula is C24H26N2O5. The maximum absolute atomic E-state index is 12.6. The minimum Gasteiger partial charge on any atom is -0.497 e. The topological polar surface area (TPSA) is 89.8 Å². The molecule has 1 amide bonds. The molecule has 0 fully saturated rings. The van der Waals surface area contributed by atoms with E-state index in [1.807, 2.05) is 36.4 Å². The molecule has 7 heteroatoms. The van der Waals surface area contributed by atoms with Gasteiger partial charge in [-0.1, -0.05) is 24.3 Å². The molecule has 0 saturated carbocycles. The lowest BCUT2D eigenvalue weighted by Gasteiger charge is -2.15. The predicted octanol–water partition coefficient (Wildman–Crippen LogP) is 3.80. The fourth-order valence-corrected chi connectivity index (χ4v) is 2.95. The van der Waals surface area contributed by atoms with E-state index in [1.165, 1.54) is 0 Å². The van der Waals surface area contributed by atoms with Crippen LogP contribution in [-0.4, -0.2) is 31.6 Å². The fourth-order valence-electron chi connectivity index (χ4n) is 2.95. The normalized spacial score (nSPS) is 11.4.